The summed E-state index contributed by atoms with van der Waals surface area (Å²) in [5.41, 5.74) is -3.37. The van der Waals surface area contributed by atoms with Crippen LogP contribution in [-0.2, 0) is 23.7 Å². The van der Waals surface area contributed by atoms with E-state index in [0.29, 0.717) is 18.4 Å². The molecule has 8 atom stereocenters. The van der Waals surface area contributed by atoms with Crippen molar-refractivity contribution in [1.82, 2.24) is 0 Å². The van der Waals surface area contributed by atoms with Crippen molar-refractivity contribution in [3.63, 3.8) is 0 Å². The monoisotopic (exact) mass is 448 g/mol. The van der Waals surface area contributed by atoms with Crippen molar-refractivity contribution in [1.29, 1.82) is 0 Å². The predicted molar refractivity (Wildman–Crippen MR) is 111 cm³/mol. The van der Waals surface area contributed by atoms with Crippen LogP contribution in [0.2, 0.25) is 0 Å². The van der Waals surface area contributed by atoms with Gasteiger partial charge in [0.1, 0.15) is 11.7 Å². The Balaban J connectivity index is 1.49. The lowest BCUT2D eigenvalue weighted by Crippen LogP contribution is -2.74. The molecule has 2 heterocycles. The highest BCUT2D eigenvalue weighted by molar-refractivity contribution is 5.77. The molecular formula is C24H32O8. The Bertz CT molecular complexity index is 905. The molecule has 8 heteroatoms. The summed E-state index contributed by atoms with van der Waals surface area (Å²) in [6, 6.07) is 9.03. The Morgan fingerprint density at radius 3 is 2.50 bits per heavy atom. The quantitative estimate of drug-likeness (QED) is 0.594. The Labute approximate surface area is 187 Å². The molecule has 2 saturated heterocycles. The second-order valence-corrected chi connectivity index (χ2v) is 10.6. The van der Waals surface area contributed by atoms with E-state index in [1.165, 1.54) is 7.11 Å². The van der Waals surface area contributed by atoms with Crippen LogP contribution >= 0.6 is 0 Å². The number of ether oxygens (including phenoxy) is 4. The lowest BCUT2D eigenvalue weighted by Gasteiger charge is -2.65. The molecule has 4 fully saturated rings. The van der Waals surface area contributed by atoms with Crippen molar-refractivity contribution in [2.24, 2.45) is 10.8 Å². The van der Waals surface area contributed by atoms with Crippen molar-refractivity contribution in [3.8, 4) is 0 Å². The van der Waals surface area contributed by atoms with E-state index in [9.17, 15) is 20.1 Å². The van der Waals surface area contributed by atoms with Crippen LogP contribution in [0, 0.1) is 10.8 Å². The minimum atomic E-state index is -1.40. The Morgan fingerprint density at radius 2 is 1.81 bits per heavy atom. The van der Waals surface area contributed by atoms with Crippen molar-refractivity contribution in [3.05, 3.63) is 35.9 Å². The number of aliphatic hydroxyl groups is 3. The smallest absolute Gasteiger partial charge is 0.340 e. The first-order chi connectivity index (χ1) is 15.0. The van der Waals surface area contributed by atoms with Gasteiger partial charge in [0.15, 0.2) is 18.0 Å². The number of carbonyl (C=O) groups is 1. The van der Waals surface area contributed by atoms with Crippen LogP contribution < -0.4 is 0 Å². The van der Waals surface area contributed by atoms with Crippen molar-refractivity contribution < 1.29 is 39.1 Å². The average molecular weight is 449 g/mol. The van der Waals surface area contributed by atoms with Gasteiger partial charge in [-0.3, -0.25) is 0 Å². The number of methoxy groups -OCH3 is 1. The minimum absolute atomic E-state index is 0.0297. The van der Waals surface area contributed by atoms with Crippen LogP contribution in [0.25, 0.3) is 0 Å². The molecule has 5 rings (SSSR count). The van der Waals surface area contributed by atoms with Crippen LogP contribution in [0.3, 0.4) is 0 Å². The maximum absolute atomic E-state index is 13.2. The Hall–Kier alpha value is -1.55. The van der Waals surface area contributed by atoms with Crippen LogP contribution in [0.1, 0.15) is 51.2 Å². The van der Waals surface area contributed by atoms with Crippen LogP contribution in [-0.4, -0.2) is 70.8 Å². The zero-order valence-corrected chi connectivity index (χ0v) is 18.7. The van der Waals surface area contributed by atoms with Gasteiger partial charge < -0.3 is 34.3 Å². The molecule has 3 N–H and O–H groups in total. The largest absolute Gasteiger partial charge is 0.454 e. The van der Waals surface area contributed by atoms with Gasteiger partial charge in [-0.2, -0.15) is 0 Å². The van der Waals surface area contributed by atoms with E-state index in [4.69, 9.17) is 18.9 Å². The second-order valence-electron chi connectivity index (χ2n) is 10.6. The first-order valence-electron chi connectivity index (χ1n) is 11.2. The topological polar surface area (TPSA) is 115 Å². The van der Waals surface area contributed by atoms with Gasteiger partial charge in [-0.1, -0.05) is 37.3 Å². The number of hydrogen-bond acceptors (Lipinski definition) is 8. The van der Waals surface area contributed by atoms with Gasteiger partial charge in [0.25, 0.3) is 0 Å². The van der Waals surface area contributed by atoms with E-state index < -0.39 is 52.1 Å². The number of hydrogen-bond donors (Lipinski definition) is 3. The lowest BCUT2D eigenvalue weighted by molar-refractivity contribution is -0.344. The molecule has 4 aliphatic rings. The number of benzene rings is 1. The van der Waals surface area contributed by atoms with Gasteiger partial charge >= 0.3 is 5.97 Å². The molecular weight excluding hydrogens is 416 g/mol. The lowest BCUT2D eigenvalue weighted by atomic mass is 9.48. The molecule has 0 amide bonds. The molecule has 1 spiro atoms. The molecule has 0 unspecified atom stereocenters. The normalized spacial score (nSPS) is 48.1. The van der Waals surface area contributed by atoms with Crippen LogP contribution in [0.5, 0.6) is 0 Å². The summed E-state index contributed by atoms with van der Waals surface area (Å²) >= 11 is 0. The first-order valence-corrected chi connectivity index (χ1v) is 11.2. The fraction of sp³-hybridized carbons (Fsp3) is 0.708. The number of fused-ring (bicyclic) bond motifs is 1. The predicted octanol–water partition coefficient (Wildman–Crippen LogP) is 1.47. The molecule has 2 aliphatic carbocycles. The summed E-state index contributed by atoms with van der Waals surface area (Å²) in [6.45, 7) is 3.73. The van der Waals surface area contributed by atoms with E-state index in [2.05, 4.69) is 0 Å². The number of carbonyl (C=O) groups excluding carboxylic acids is 1. The maximum atomic E-state index is 13.2. The SMILES string of the molecule is CO[C@@H](C(=O)O[C@H]1[C@@H]2OC[C@]3(O)C[C@]4(O)C[C@]3(C)[C@]2(CC[C@@]1(C)O)CO4)c1ccccc1. The zero-order valence-electron chi connectivity index (χ0n) is 18.7. The number of rotatable bonds is 4. The fourth-order valence-corrected chi connectivity index (χ4v) is 6.77. The summed E-state index contributed by atoms with van der Waals surface area (Å²) < 4.78 is 23.4. The molecule has 0 radical (unpaired) electrons. The van der Waals surface area contributed by atoms with E-state index in [1.54, 1.807) is 19.1 Å². The van der Waals surface area contributed by atoms with Gasteiger partial charge in [0.05, 0.1) is 18.8 Å². The van der Waals surface area contributed by atoms with Gasteiger partial charge in [-0.25, -0.2) is 4.79 Å². The summed E-state index contributed by atoms with van der Waals surface area (Å²) in [6.07, 6.45) is -1.44. The Kier molecular flexibility index (Phi) is 4.85. The third kappa shape index (κ3) is 2.87. The molecule has 2 saturated carbocycles. The summed E-state index contributed by atoms with van der Waals surface area (Å²) in [5, 5.41) is 33.6. The molecule has 1 aromatic rings. The van der Waals surface area contributed by atoms with Crippen molar-refractivity contribution in [2.75, 3.05) is 20.3 Å². The standard InChI is InChI=1S/C24H32O8/c1-20(26)9-10-22-13-31-24(28)11-21(22,2)23(27,12-24)14-30-18(22)17(20)32-19(25)16(29-3)15-7-5-4-6-8-15/h4-8,16-18,26-28H,9-14H2,1-3H3/t16-,17+,18+,20-,21-,22-,23-,24+/m1/s1. The minimum Gasteiger partial charge on any atom is -0.454 e. The summed E-state index contributed by atoms with van der Waals surface area (Å²) in [5.74, 6) is -2.01. The Morgan fingerprint density at radius 1 is 1.09 bits per heavy atom. The van der Waals surface area contributed by atoms with Gasteiger partial charge in [0, 0.05) is 30.8 Å². The summed E-state index contributed by atoms with van der Waals surface area (Å²) in [7, 11) is 1.44. The maximum Gasteiger partial charge on any atom is 0.340 e. The van der Waals surface area contributed by atoms with E-state index in [0.717, 1.165) is 0 Å². The molecule has 2 aliphatic heterocycles. The third-order valence-corrected chi connectivity index (χ3v) is 8.73. The third-order valence-electron chi connectivity index (χ3n) is 8.73. The first kappa shape index (κ1) is 22.3. The molecule has 1 aromatic carbocycles. The molecule has 8 nitrogen and oxygen atoms in total. The average Bonchev–Trinajstić information content (AvgIpc) is 2.95. The van der Waals surface area contributed by atoms with E-state index in [-0.39, 0.29) is 26.1 Å². The summed E-state index contributed by atoms with van der Waals surface area (Å²) in [4.78, 5) is 13.2. The van der Waals surface area contributed by atoms with Crippen molar-refractivity contribution >= 4 is 5.97 Å². The van der Waals surface area contributed by atoms with Crippen molar-refractivity contribution in [2.45, 2.75) is 74.8 Å². The molecule has 176 valence electrons. The highest BCUT2D eigenvalue weighted by Gasteiger charge is 2.78. The van der Waals surface area contributed by atoms with E-state index >= 15 is 0 Å². The second kappa shape index (κ2) is 6.98. The van der Waals surface area contributed by atoms with Gasteiger partial charge in [-0.05, 0) is 25.3 Å². The zero-order chi connectivity index (χ0) is 23.0. The number of esters is 1. The van der Waals surface area contributed by atoms with Gasteiger partial charge in [0.2, 0.25) is 0 Å². The fourth-order valence-electron chi connectivity index (χ4n) is 6.77. The molecule has 0 aromatic heterocycles. The molecule has 32 heavy (non-hydrogen) atoms. The van der Waals surface area contributed by atoms with Crippen LogP contribution in [0.15, 0.2) is 30.3 Å². The van der Waals surface area contributed by atoms with Gasteiger partial charge in [-0.15, -0.1) is 0 Å². The highest BCUT2D eigenvalue weighted by atomic mass is 16.6. The van der Waals surface area contributed by atoms with E-state index in [1.807, 2.05) is 25.1 Å². The molecule has 2 bridgehead atoms. The van der Waals surface area contributed by atoms with Crippen LogP contribution in [0.4, 0.5) is 0 Å². The highest BCUT2D eigenvalue weighted by Crippen LogP contribution is 2.70.